The summed E-state index contributed by atoms with van der Waals surface area (Å²) >= 11 is 0. The van der Waals surface area contributed by atoms with Crippen LogP contribution in [0.4, 0.5) is 0 Å². The molecule has 2 rings (SSSR count). The Kier molecular flexibility index (Phi) is 46.2. The normalized spacial score (nSPS) is 22.4. The van der Waals surface area contributed by atoms with Gasteiger partial charge in [-0.25, -0.2) is 4.57 Å². The molecule has 0 aliphatic carbocycles. The number of carbonyl (C=O) groups excluding carboxylic acids is 8. The van der Waals surface area contributed by atoms with Crippen molar-refractivity contribution in [2.24, 2.45) is 5.92 Å². The minimum absolute atomic E-state index is 0.145. The lowest BCUT2D eigenvalue weighted by molar-refractivity contribution is -0.870. The summed E-state index contributed by atoms with van der Waals surface area (Å²) in [6.07, 6.45) is 19.2. The first-order valence-electron chi connectivity index (χ1n) is 36.1. The number of allylic oxidation sites excluding steroid dienone is 1. The molecular formula is C71H126N2O23P+. The van der Waals surface area contributed by atoms with E-state index in [0.717, 1.165) is 92.9 Å². The molecule has 13 atom stereocenters. The van der Waals surface area contributed by atoms with E-state index < -0.39 is 143 Å². The van der Waals surface area contributed by atoms with Crippen molar-refractivity contribution in [1.82, 2.24) is 5.32 Å². The SMILES string of the molecule is CCCCCCCCCCCCCCCCCCCCCC(=O)N[C@@H](CO[C@@H]1O[C@H](CO[C@@H]2O[C@H](COP(=O)(O)OCC[N+](C)(C)C)[C@H](OC(C)=O)[C@H](OC(C)=O)[C@H]2OC(C)=O)[C@H](OC(C)=O)[C@H](OC(C)=O)[C@H]1OC(C)=O)[C@@H](/C=C/CCCCCCCCCCC(C)C)OC(C)=O. The second-order valence-corrected chi connectivity index (χ2v) is 28.9. The molecule has 0 aromatic heterocycles. The fraction of sp³-hybridized carbons (Fsp3) is 0.859. The third kappa shape index (κ3) is 42.3. The third-order valence-electron chi connectivity index (χ3n) is 16.6. The van der Waals surface area contributed by atoms with Crippen molar-refractivity contribution in [3.63, 3.8) is 0 Å². The van der Waals surface area contributed by atoms with Crippen LogP contribution in [-0.2, 0) is 104 Å². The van der Waals surface area contributed by atoms with Crippen molar-refractivity contribution in [1.29, 1.82) is 0 Å². The molecule has 0 aromatic rings. The second-order valence-electron chi connectivity index (χ2n) is 27.4. The highest BCUT2D eigenvalue weighted by molar-refractivity contribution is 7.47. The fourth-order valence-electron chi connectivity index (χ4n) is 11.7. The lowest BCUT2D eigenvalue weighted by Gasteiger charge is -2.46. The molecule has 562 valence electrons. The molecular weight excluding hydrogens is 1280 g/mol. The first-order valence-corrected chi connectivity index (χ1v) is 37.6. The number of esters is 7. The molecule has 2 saturated heterocycles. The Labute approximate surface area is 579 Å². The molecule has 97 heavy (non-hydrogen) atoms. The van der Waals surface area contributed by atoms with Gasteiger partial charge in [0.25, 0.3) is 0 Å². The van der Waals surface area contributed by atoms with Crippen molar-refractivity contribution in [3.05, 3.63) is 12.2 Å². The predicted molar refractivity (Wildman–Crippen MR) is 363 cm³/mol. The average Bonchev–Trinajstić information content (AvgIpc) is 0.794. The summed E-state index contributed by atoms with van der Waals surface area (Å²) in [5.74, 6) is -5.89. The van der Waals surface area contributed by atoms with Crippen molar-refractivity contribution in [3.8, 4) is 0 Å². The van der Waals surface area contributed by atoms with Gasteiger partial charge < -0.3 is 66.8 Å². The Hall–Kier alpha value is -4.59. The number of unbranched alkanes of at least 4 members (excludes halogenated alkanes) is 26. The summed E-state index contributed by atoms with van der Waals surface area (Å²) < 4.78 is 89.5. The first-order chi connectivity index (χ1) is 46.0. The van der Waals surface area contributed by atoms with Crippen LogP contribution >= 0.6 is 7.82 Å². The van der Waals surface area contributed by atoms with Gasteiger partial charge in [-0.1, -0.05) is 194 Å². The maximum Gasteiger partial charge on any atom is 0.472 e. The second kappa shape index (κ2) is 50.7. The van der Waals surface area contributed by atoms with Crippen molar-refractivity contribution in [2.45, 2.75) is 335 Å². The van der Waals surface area contributed by atoms with Crippen LogP contribution in [0.5, 0.6) is 0 Å². The van der Waals surface area contributed by atoms with E-state index in [2.05, 4.69) is 26.1 Å². The average molecular weight is 1410 g/mol. The largest absolute Gasteiger partial charge is 0.472 e. The van der Waals surface area contributed by atoms with Crippen LogP contribution in [0.25, 0.3) is 0 Å². The zero-order chi connectivity index (χ0) is 72.2. The number of quaternary nitrogens is 1. The van der Waals surface area contributed by atoms with E-state index in [0.29, 0.717) is 29.8 Å². The van der Waals surface area contributed by atoms with E-state index in [1.54, 1.807) is 6.08 Å². The van der Waals surface area contributed by atoms with Crippen molar-refractivity contribution >= 4 is 55.5 Å². The highest BCUT2D eigenvalue weighted by atomic mass is 31.2. The van der Waals surface area contributed by atoms with E-state index >= 15 is 0 Å². The molecule has 0 bridgehead atoms. The van der Waals surface area contributed by atoms with Crippen LogP contribution in [0.2, 0.25) is 0 Å². The summed E-state index contributed by atoms with van der Waals surface area (Å²) in [5, 5.41) is 3.01. The predicted octanol–water partition coefficient (Wildman–Crippen LogP) is 12.3. The highest BCUT2D eigenvalue weighted by Crippen LogP contribution is 2.44. The van der Waals surface area contributed by atoms with E-state index in [-0.39, 0.29) is 18.9 Å². The molecule has 2 heterocycles. The Morgan fingerprint density at radius 1 is 0.485 bits per heavy atom. The molecule has 1 amide bonds. The van der Waals surface area contributed by atoms with Gasteiger partial charge in [0.1, 0.15) is 31.5 Å². The Morgan fingerprint density at radius 2 is 0.866 bits per heavy atom. The Morgan fingerprint density at radius 3 is 1.28 bits per heavy atom. The number of hydrogen-bond donors (Lipinski definition) is 2. The maximum atomic E-state index is 14.0. The zero-order valence-corrected chi connectivity index (χ0v) is 62.1. The van der Waals surface area contributed by atoms with Gasteiger partial charge in [-0.2, -0.15) is 0 Å². The first kappa shape index (κ1) is 88.5. The van der Waals surface area contributed by atoms with Gasteiger partial charge in [0.15, 0.2) is 49.2 Å². The summed E-state index contributed by atoms with van der Waals surface area (Å²) in [6, 6.07) is -1.10. The van der Waals surface area contributed by atoms with E-state index in [1.165, 1.54) is 129 Å². The molecule has 1 unspecified atom stereocenters. The van der Waals surface area contributed by atoms with Crippen LogP contribution in [0.1, 0.15) is 262 Å². The molecule has 2 aliphatic rings. The van der Waals surface area contributed by atoms with E-state index in [1.807, 2.05) is 27.2 Å². The lowest BCUT2D eigenvalue weighted by Crippen LogP contribution is -2.65. The quantitative estimate of drug-likeness (QED) is 0.0143. The molecule has 0 spiro atoms. The number of phosphoric ester groups is 1. The molecule has 2 fully saturated rings. The van der Waals surface area contributed by atoms with Crippen LogP contribution in [-0.4, -0.2) is 185 Å². The van der Waals surface area contributed by atoms with Gasteiger partial charge in [0.2, 0.25) is 5.91 Å². The Balaban J connectivity index is 2.49. The molecule has 0 saturated carbocycles. The molecule has 0 aromatic carbocycles. The van der Waals surface area contributed by atoms with Crippen LogP contribution in [0.3, 0.4) is 0 Å². The van der Waals surface area contributed by atoms with E-state index in [4.69, 9.17) is 61.2 Å². The van der Waals surface area contributed by atoms with Crippen molar-refractivity contribution < 1.29 is 113 Å². The van der Waals surface area contributed by atoms with Crippen molar-refractivity contribution in [2.75, 3.05) is 54.1 Å². The molecule has 0 radical (unpaired) electrons. The number of likely N-dealkylation sites (N-methyl/N-ethyl adjacent to an activating group) is 1. The summed E-state index contributed by atoms with van der Waals surface area (Å²) in [5.41, 5.74) is 0. The number of rotatable bonds is 54. The number of phosphoric acid groups is 1. The van der Waals surface area contributed by atoms with Gasteiger partial charge in [-0.3, -0.25) is 47.4 Å². The van der Waals surface area contributed by atoms with Gasteiger partial charge in [0, 0.05) is 54.9 Å². The number of nitrogens with zero attached hydrogens (tertiary/aromatic N) is 1. The Bertz CT molecular complexity index is 2330. The van der Waals surface area contributed by atoms with Gasteiger partial charge in [0.05, 0.1) is 47.0 Å². The molecule has 2 N–H and O–H groups in total. The minimum atomic E-state index is -4.86. The minimum Gasteiger partial charge on any atom is -0.456 e. The van der Waals surface area contributed by atoms with Gasteiger partial charge >= 0.3 is 49.6 Å². The number of carbonyl (C=O) groups is 8. The fourth-order valence-corrected chi connectivity index (χ4v) is 12.4. The number of nitrogens with one attached hydrogen (secondary N) is 1. The topological polar surface area (TPSA) is 306 Å². The standard InChI is InChI=1S/C71H125N2O23P/c1-14-15-16-17-18-19-20-21-22-23-24-25-26-27-28-33-36-39-42-45-63(81)72-59(60(88-52(4)74)44-41-38-35-32-30-29-31-34-37-40-43-51(2)3)48-84-70-68(93-57(9)79)66(91-55(7)77)64(89-53(5)75)61(95-70)49-85-71-69(94-58(10)80)67(92-56(8)78)65(90-54(6)76)62(96-71)50-87-97(82,83)86-47-46-73(11,12)13/h41,44,51,59-62,64-71H,14-40,42-43,45-50H2,1-13H3,(H-,72,81,82,83)/p+1/b44-41+/t59-,60+,61+,62+,64-,65-,66-,67-,68+,69+,70+,71+/m0/s1. The number of hydrogen-bond acceptors (Lipinski definition) is 22. The third-order valence-corrected chi connectivity index (χ3v) is 17.5. The molecule has 2 aliphatic heterocycles. The molecule has 26 heteroatoms. The monoisotopic (exact) mass is 1410 g/mol. The van der Waals surface area contributed by atoms with Gasteiger partial charge in [-0.05, 0) is 31.3 Å². The number of ether oxygens (including phenoxy) is 11. The molecule has 25 nitrogen and oxygen atoms in total. The number of amides is 1. The maximum absolute atomic E-state index is 14.0. The summed E-state index contributed by atoms with van der Waals surface area (Å²) in [4.78, 5) is 115. The zero-order valence-electron chi connectivity index (χ0n) is 61.2. The highest BCUT2D eigenvalue weighted by Gasteiger charge is 2.56. The summed E-state index contributed by atoms with van der Waals surface area (Å²) in [6.45, 7) is 12.2. The van der Waals surface area contributed by atoms with Gasteiger partial charge in [-0.15, -0.1) is 0 Å². The summed E-state index contributed by atoms with van der Waals surface area (Å²) in [7, 11) is 0.635. The van der Waals surface area contributed by atoms with Crippen LogP contribution in [0.15, 0.2) is 12.2 Å². The van der Waals surface area contributed by atoms with Crippen LogP contribution < -0.4 is 5.32 Å². The smallest absolute Gasteiger partial charge is 0.456 e. The lowest BCUT2D eigenvalue weighted by atomic mass is 9.97. The van der Waals surface area contributed by atoms with Crippen LogP contribution in [0, 0.1) is 5.92 Å². The van der Waals surface area contributed by atoms with E-state index in [9.17, 15) is 47.8 Å².